The number of rotatable bonds is 4. The molecular weight excluding hydrogens is 202 g/mol. The molecule has 0 saturated heterocycles. The van der Waals surface area contributed by atoms with E-state index in [-0.39, 0.29) is 6.04 Å². The Balaban J connectivity index is 1.79. The van der Waals surface area contributed by atoms with E-state index in [0.29, 0.717) is 0 Å². The lowest BCUT2D eigenvalue weighted by molar-refractivity contribution is 0.820. The Labute approximate surface area is 96.4 Å². The van der Waals surface area contributed by atoms with E-state index >= 15 is 0 Å². The first-order valence-electron chi connectivity index (χ1n) is 5.78. The van der Waals surface area contributed by atoms with Gasteiger partial charge in [-0.25, -0.2) is 0 Å². The second-order valence-electron chi connectivity index (χ2n) is 4.26. The minimum atomic E-state index is 0.205. The van der Waals surface area contributed by atoms with Gasteiger partial charge in [-0.05, 0) is 18.4 Å². The number of benzene rings is 1. The molecule has 15 heavy (non-hydrogen) atoms. The van der Waals surface area contributed by atoms with Crippen molar-refractivity contribution in [1.29, 1.82) is 0 Å². The summed E-state index contributed by atoms with van der Waals surface area (Å²) < 4.78 is 0. The molecule has 0 spiro atoms. The zero-order valence-electron chi connectivity index (χ0n) is 9.06. The number of hydrogen-bond donors (Lipinski definition) is 1. The number of thioether (sulfide) groups is 1. The Bertz CT molecular complexity index is 280. The minimum Gasteiger partial charge on any atom is -0.323 e. The van der Waals surface area contributed by atoms with Gasteiger partial charge >= 0.3 is 0 Å². The summed E-state index contributed by atoms with van der Waals surface area (Å²) in [5.74, 6) is 1.06. The van der Waals surface area contributed by atoms with Crippen molar-refractivity contribution in [3.63, 3.8) is 0 Å². The summed E-state index contributed by atoms with van der Waals surface area (Å²) >= 11 is 2.06. The Morgan fingerprint density at radius 2 is 1.87 bits per heavy atom. The molecule has 0 radical (unpaired) electrons. The van der Waals surface area contributed by atoms with Gasteiger partial charge in [-0.2, -0.15) is 11.8 Å². The first kappa shape index (κ1) is 11.0. The van der Waals surface area contributed by atoms with Gasteiger partial charge in [-0.3, -0.25) is 0 Å². The standard InChI is InChI=1S/C13H19NS/c14-13(11-6-2-1-3-7-11)10-15-12-8-4-5-9-12/h1-3,6-7,12-13H,4-5,8-10,14H2. The van der Waals surface area contributed by atoms with E-state index in [1.54, 1.807) is 0 Å². The highest BCUT2D eigenvalue weighted by Gasteiger charge is 2.16. The van der Waals surface area contributed by atoms with Crippen molar-refractivity contribution in [3.8, 4) is 0 Å². The smallest absolute Gasteiger partial charge is 0.0386 e. The predicted molar refractivity (Wildman–Crippen MR) is 68.1 cm³/mol. The third-order valence-corrected chi connectivity index (χ3v) is 4.54. The Hall–Kier alpha value is -0.470. The molecule has 1 unspecified atom stereocenters. The highest BCUT2D eigenvalue weighted by molar-refractivity contribution is 7.99. The summed E-state index contributed by atoms with van der Waals surface area (Å²) in [5, 5.41) is 0.875. The van der Waals surface area contributed by atoms with Crippen LogP contribution in [0, 0.1) is 0 Å². The molecule has 0 heterocycles. The molecule has 0 aromatic heterocycles. The van der Waals surface area contributed by atoms with Crippen LogP contribution in [0.4, 0.5) is 0 Å². The average Bonchev–Trinajstić information content (AvgIpc) is 2.80. The third-order valence-electron chi connectivity index (χ3n) is 3.04. The van der Waals surface area contributed by atoms with E-state index in [9.17, 15) is 0 Å². The molecule has 1 aliphatic carbocycles. The SMILES string of the molecule is NC(CSC1CCCC1)c1ccccc1. The van der Waals surface area contributed by atoms with Crippen LogP contribution < -0.4 is 5.73 Å². The monoisotopic (exact) mass is 221 g/mol. The molecule has 0 amide bonds. The number of hydrogen-bond acceptors (Lipinski definition) is 2. The molecule has 1 saturated carbocycles. The maximum absolute atomic E-state index is 6.15. The second kappa shape index (κ2) is 5.57. The average molecular weight is 221 g/mol. The first-order chi connectivity index (χ1) is 7.36. The van der Waals surface area contributed by atoms with Crippen molar-refractivity contribution < 1.29 is 0 Å². The predicted octanol–water partition coefficient (Wildman–Crippen LogP) is 3.36. The van der Waals surface area contributed by atoms with Crippen molar-refractivity contribution in [3.05, 3.63) is 35.9 Å². The Morgan fingerprint density at radius 1 is 1.20 bits per heavy atom. The van der Waals surface area contributed by atoms with Gasteiger partial charge in [0.15, 0.2) is 0 Å². The summed E-state index contributed by atoms with van der Waals surface area (Å²) in [5.41, 5.74) is 7.42. The maximum atomic E-state index is 6.15. The third kappa shape index (κ3) is 3.25. The van der Waals surface area contributed by atoms with Crippen molar-refractivity contribution >= 4 is 11.8 Å². The molecule has 1 aromatic rings. The zero-order valence-corrected chi connectivity index (χ0v) is 9.88. The van der Waals surface area contributed by atoms with E-state index in [2.05, 4.69) is 36.0 Å². The van der Waals surface area contributed by atoms with E-state index in [4.69, 9.17) is 5.73 Å². The van der Waals surface area contributed by atoms with Crippen LogP contribution in [0.5, 0.6) is 0 Å². The van der Waals surface area contributed by atoms with Crippen LogP contribution in [0.2, 0.25) is 0 Å². The first-order valence-corrected chi connectivity index (χ1v) is 6.83. The van der Waals surface area contributed by atoms with Gasteiger partial charge in [0.05, 0.1) is 0 Å². The van der Waals surface area contributed by atoms with Gasteiger partial charge in [0, 0.05) is 17.0 Å². The van der Waals surface area contributed by atoms with Gasteiger partial charge < -0.3 is 5.73 Å². The van der Waals surface area contributed by atoms with Crippen LogP contribution in [0.1, 0.15) is 37.3 Å². The van der Waals surface area contributed by atoms with Gasteiger partial charge in [0.1, 0.15) is 0 Å². The molecule has 2 rings (SSSR count). The van der Waals surface area contributed by atoms with Crippen LogP contribution >= 0.6 is 11.8 Å². The molecule has 0 bridgehead atoms. The zero-order chi connectivity index (χ0) is 10.5. The minimum absolute atomic E-state index is 0.205. The van der Waals surface area contributed by atoms with E-state index in [0.717, 1.165) is 11.0 Å². The molecule has 82 valence electrons. The number of nitrogens with two attached hydrogens (primary N) is 1. The summed E-state index contributed by atoms with van der Waals surface area (Å²) in [6, 6.07) is 10.6. The lowest BCUT2D eigenvalue weighted by Gasteiger charge is -2.14. The maximum Gasteiger partial charge on any atom is 0.0386 e. The van der Waals surface area contributed by atoms with Gasteiger partial charge in [0.2, 0.25) is 0 Å². The fourth-order valence-corrected chi connectivity index (χ4v) is 3.43. The van der Waals surface area contributed by atoms with E-state index in [1.165, 1.54) is 31.2 Å². The molecular formula is C13H19NS. The van der Waals surface area contributed by atoms with Crippen molar-refractivity contribution in [1.82, 2.24) is 0 Å². The van der Waals surface area contributed by atoms with Crippen molar-refractivity contribution in [2.24, 2.45) is 5.73 Å². The lowest BCUT2D eigenvalue weighted by atomic mass is 10.1. The van der Waals surface area contributed by atoms with Crippen molar-refractivity contribution in [2.45, 2.75) is 37.0 Å². The summed E-state index contributed by atoms with van der Waals surface area (Å²) in [7, 11) is 0. The van der Waals surface area contributed by atoms with Gasteiger partial charge in [0.25, 0.3) is 0 Å². The van der Waals surface area contributed by atoms with Crippen LogP contribution in [0.15, 0.2) is 30.3 Å². The summed E-state index contributed by atoms with van der Waals surface area (Å²) in [4.78, 5) is 0. The molecule has 1 aromatic carbocycles. The largest absolute Gasteiger partial charge is 0.323 e. The van der Waals surface area contributed by atoms with E-state index < -0.39 is 0 Å². The highest BCUT2D eigenvalue weighted by Crippen LogP contribution is 2.31. The van der Waals surface area contributed by atoms with Gasteiger partial charge in [-0.15, -0.1) is 0 Å². The molecule has 1 aliphatic rings. The van der Waals surface area contributed by atoms with Crippen LogP contribution in [0.3, 0.4) is 0 Å². The molecule has 1 fully saturated rings. The fourth-order valence-electron chi connectivity index (χ4n) is 2.09. The van der Waals surface area contributed by atoms with Crippen molar-refractivity contribution in [2.75, 3.05) is 5.75 Å². The summed E-state index contributed by atoms with van der Waals surface area (Å²) in [6.07, 6.45) is 5.62. The van der Waals surface area contributed by atoms with Crippen LogP contribution in [-0.4, -0.2) is 11.0 Å². The molecule has 1 nitrogen and oxygen atoms in total. The van der Waals surface area contributed by atoms with Crippen LogP contribution in [0.25, 0.3) is 0 Å². The fraction of sp³-hybridized carbons (Fsp3) is 0.538. The Morgan fingerprint density at radius 3 is 2.53 bits per heavy atom. The summed E-state index contributed by atoms with van der Waals surface area (Å²) in [6.45, 7) is 0. The molecule has 0 aliphatic heterocycles. The topological polar surface area (TPSA) is 26.0 Å². The second-order valence-corrected chi connectivity index (χ2v) is 5.59. The van der Waals surface area contributed by atoms with Gasteiger partial charge in [-0.1, -0.05) is 43.2 Å². The quantitative estimate of drug-likeness (QED) is 0.843. The molecule has 2 heteroatoms. The molecule has 2 N–H and O–H groups in total. The molecule has 1 atom stereocenters. The Kier molecular flexibility index (Phi) is 4.09. The van der Waals surface area contributed by atoms with Crippen LogP contribution in [-0.2, 0) is 0 Å². The van der Waals surface area contributed by atoms with E-state index in [1.807, 2.05) is 6.07 Å². The lowest BCUT2D eigenvalue weighted by Crippen LogP contribution is -2.14. The normalized spacial score (nSPS) is 19.3. The highest BCUT2D eigenvalue weighted by atomic mass is 32.2.